The predicted octanol–water partition coefficient (Wildman–Crippen LogP) is 9.29. The lowest BCUT2D eigenvalue weighted by Crippen LogP contribution is -2.29. The molecule has 7 nitrogen and oxygen atoms in total. The normalized spacial score (nSPS) is 16.2. The Hall–Kier alpha value is -4.39. The van der Waals surface area contributed by atoms with Crippen molar-refractivity contribution in [3.8, 4) is 5.75 Å². The molecule has 3 aromatic rings. The summed E-state index contributed by atoms with van der Waals surface area (Å²) in [6.45, 7) is 12.6. The summed E-state index contributed by atoms with van der Waals surface area (Å²) in [5.41, 5.74) is 8.38. The van der Waals surface area contributed by atoms with Crippen LogP contribution in [0.15, 0.2) is 94.3 Å². The highest BCUT2D eigenvalue weighted by Gasteiger charge is 2.31. The first-order valence-electron chi connectivity index (χ1n) is 17.0. The van der Waals surface area contributed by atoms with Gasteiger partial charge < -0.3 is 14.5 Å². The maximum absolute atomic E-state index is 5.66. The monoisotopic (exact) mass is 618 g/mol. The van der Waals surface area contributed by atoms with Crippen molar-refractivity contribution in [2.45, 2.75) is 86.0 Å². The van der Waals surface area contributed by atoms with Gasteiger partial charge >= 0.3 is 0 Å². The van der Waals surface area contributed by atoms with Crippen molar-refractivity contribution < 1.29 is 4.74 Å². The van der Waals surface area contributed by atoms with E-state index >= 15 is 0 Å². The number of aromatic nitrogens is 2. The molecular formula is C39H50N6O. The fourth-order valence-corrected chi connectivity index (χ4v) is 6.19. The zero-order valence-corrected chi connectivity index (χ0v) is 28.6. The summed E-state index contributed by atoms with van der Waals surface area (Å²) >= 11 is 0. The molecule has 0 saturated heterocycles. The molecular weight excluding hydrogens is 568 g/mol. The molecule has 0 amide bonds. The quantitative estimate of drug-likeness (QED) is 0.169. The molecule has 0 N–H and O–H groups in total. The van der Waals surface area contributed by atoms with E-state index in [0.717, 1.165) is 60.0 Å². The first kappa shape index (κ1) is 33.0. The van der Waals surface area contributed by atoms with Crippen molar-refractivity contribution in [3.05, 3.63) is 107 Å². The number of benzene rings is 2. The highest BCUT2D eigenvalue weighted by atomic mass is 16.5. The van der Waals surface area contributed by atoms with Crippen LogP contribution in [0.2, 0.25) is 0 Å². The summed E-state index contributed by atoms with van der Waals surface area (Å²) in [5, 5.41) is 4.65. The molecule has 0 spiro atoms. The Bertz CT molecular complexity index is 1660. The third-order valence-corrected chi connectivity index (χ3v) is 8.56. The molecule has 7 heteroatoms. The largest absolute Gasteiger partial charge is 0.497 e. The minimum Gasteiger partial charge on any atom is -0.497 e. The number of methoxy groups -OCH3 is 1. The van der Waals surface area contributed by atoms with Gasteiger partial charge in [-0.1, -0.05) is 88.3 Å². The van der Waals surface area contributed by atoms with Crippen LogP contribution in [0.5, 0.6) is 5.75 Å². The standard InChI is InChI=1S/C39H50N6O/c1-7-9-11-15-24-43-35-23-22-33(46-6)28-36(35)44(25-16-12-10-8-2)37(43)21-14-13-20-34-38(32-19-17-18-29(3)26-32)41-39(40-34)45-31(5)27-30(4)42-45/h13-14,17-23,26-28H,7-12,15-16,24-25H2,1-6H3/b14-13+,34-20-,37-21-. The van der Waals surface area contributed by atoms with Crippen LogP contribution in [0.4, 0.5) is 11.4 Å². The zero-order chi connectivity index (χ0) is 32.5. The van der Waals surface area contributed by atoms with E-state index in [-0.39, 0.29) is 0 Å². The molecule has 0 bridgehead atoms. The Kier molecular flexibility index (Phi) is 11.3. The summed E-state index contributed by atoms with van der Waals surface area (Å²) in [6.07, 6.45) is 18.3. The topological polar surface area (TPSA) is 58.2 Å². The predicted molar refractivity (Wildman–Crippen MR) is 194 cm³/mol. The molecule has 0 aliphatic carbocycles. The maximum Gasteiger partial charge on any atom is 0.252 e. The fourth-order valence-electron chi connectivity index (χ4n) is 6.19. The minimum atomic E-state index is 0.594. The first-order chi connectivity index (χ1) is 22.4. The van der Waals surface area contributed by atoms with Gasteiger partial charge in [-0.3, -0.25) is 0 Å². The van der Waals surface area contributed by atoms with Crippen molar-refractivity contribution in [1.82, 2.24) is 9.78 Å². The molecule has 2 aromatic carbocycles. The lowest BCUT2D eigenvalue weighted by atomic mass is 10.1. The lowest BCUT2D eigenvalue weighted by molar-refractivity contribution is 0.415. The van der Waals surface area contributed by atoms with Gasteiger partial charge in [-0.05, 0) is 70.0 Å². The molecule has 0 atom stereocenters. The number of aliphatic imine (C=N–C) groups is 2. The van der Waals surface area contributed by atoms with Gasteiger partial charge in [-0.2, -0.15) is 5.10 Å². The summed E-state index contributed by atoms with van der Waals surface area (Å²) in [4.78, 5) is 14.9. The number of fused-ring (bicyclic) bond motifs is 1. The molecule has 0 saturated carbocycles. The lowest BCUT2D eigenvalue weighted by Gasteiger charge is -2.25. The molecule has 242 valence electrons. The second-order valence-electron chi connectivity index (χ2n) is 12.3. The summed E-state index contributed by atoms with van der Waals surface area (Å²) < 4.78 is 7.48. The first-order valence-corrected chi connectivity index (χ1v) is 17.0. The number of nitrogens with zero attached hydrogens (tertiary/aromatic N) is 6. The zero-order valence-electron chi connectivity index (χ0n) is 28.6. The van der Waals surface area contributed by atoms with Crippen molar-refractivity contribution in [3.63, 3.8) is 0 Å². The van der Waals surface area contributed by atoms with E-state index < -0.39 is 0 Å². The molecule has 1 aromatic heterocycles. The Morgan fingerprint density at radius 1 is 0.739 bits per heavy atom. The number of hydrogen-bond acceptors (Lipinski definition) is 6. The van der Waals surface area contributed by atoms with E-state index in [1.54, 1.807) is 7.11 Å². The Balaban J connectivity index is 1.49. The van der Waals surface area contributed by atoms with E-state index in [2.05, 4.69) is 109 Å². The van der Waals surface area contributed by atoms with Crippen LogP contribution >= 0.6 is 0 Å². The van der Waals surface area contributed by atoms with Crippen LogP contribution in [0, 0.1) is 20.8 Å². The summed E-state index contributed by atoms with van der Waals surface area (Å²) in [5.74, 6) is 2.71. The molecule has 0 radical (unpaired) electrons. The Morgan fingerprint density at radius 2 is 1.46 bits per heavy atom. The Labute approximate surface area is 275 Å². The van der Waals surface area contributed by atoms with E-state index in [9.17, 15) is 0 Å². The van der Waals surface area contributed by atoms with Crippen molar-refractivity contribution in [2.24, 2.45) is 9.98 Å². The third-order valence-electron chi connectivity index (χ3n) is 8.56. The fraction of sp³-hybridized carbons (Fsp3) is 0.410. The number of unbranched alkanes of at least 4 members (excludes halogenated alkanes) is 6. The molecule has 0 fully saturated rings. The van der Waals surface area contributed by atoms with Crippen molar-refractivity contribution >= 4 is 23.0 Å². The average Bonchev–Trinajstić information content (AvgIpc) is 3.72. The van der Waals surface area contributed by atoms with Gasteiger partial charge in [0.25, 0.3) is 5.96 Å². The number of ether oxygens (including phenoxy) is 1. The highest BCUT2D eigenvalue weighted by molar-refractivity contribution is 6.21. The van der Waals surface area contributed by atoms with Crippen LogP contribution in [0.25, 0.3) is 0 Å². The minimum absolute atomic E-state index is 0.594. The number of aryl methyl sites for hydroxylation is 3. The van der Waals surface area contributed by atoms with Gasteiger partial charge in [-0.15, -0.1) is 0 Å². The van der Waals surface area contributed by atoms with Crippen LogP contribution < -0.4 is 14.5 Å². The maximum atomic E-state index is 5.66. The SMILES string of the molecule is CCCCCCN1/C(=C/C=C/C=C2\N=C(n3nc(C)cc3C)N=C2c2cccc(C)c2)N(CCCCCC)c2cc(OC)ccc21. The van der Waals surface area contributed by atoms with E-state index in [1.807, 2.05) is 18.5 Å². The molecule has 2 aliphatic heterocycles. The average molecular weight is 619 g/mol. The van der Waals surface area contributed by atoms with Crippen molar-refractivity contribution in [1.29, 1.82) is 0 Å². The van der Waals surface area contributed by atoms with E-state index in [0.29, 0.717) is 5.96 Å². The number of rotatable bonds is 14. The molecule has 0 unspecified atom stereocenters. The number of anilines is 2. The van der Waals surface area contributed by atoms with Crippen LogP contribution in [0.1, 0.15) is 87.7 Å². The second kappa shape index (κ2) is 15.7. The third kappa shape index (κ3) is 7.69. The summed E-state index contributed by atoms with van der Waals surface area (Å²) in [6, 6.07) is 17.0. The number of allylic oxidation sites excluding steroid dienone is 5. The van der Waals surface area contributed by atoms with Gasteiger partial charge in [0.1, 0.15) is 17.3 Å². The number of hydrogen-bond donors (Lipinski definition) is 0. The van der Waals surface area contributed by atoms with Gasteiger partial charge in [0.15, 0.2) is 0 Å². The molecule has 46 heavy (non-hydrogen) atoms. The van der Waals surface area contributed by atoms with Gasteiger partial charge in [-0.25, -0.2) is 14.7 Å². The van der Waals surface area contributed by atoms with Crippen LogP contribution in [-0.4, -0.2) is 41.7 Å². The van der Waals surface area contributed by atoms with Gasteiger partial charge in [0, 0.05) is 30.4 Å². The smallest absolute Gasteiger partial charge is 0.252 e. The summed E-state index contributed by atoms with van der Waals surface area (Å²) in [7, 11) is 1.75. The van der Waals surface area contributed by atoms with Crippen molar-refractivity contribution in [2.75, 3.05) is 30.0 Å². The Morgan fingerprint density at radius 3 is 2.11 bits per heavy atom. The molecule has 3 heterocycles. The van der Waals surface area contributed by atoms with E-state index in [4.69, 9.17) is 14.7 Å². The van der Waals surface area contributed by atoms with Crippen LogP contribution in [-0.2, 0) is 0 Å². The van der Waals surface area contributed by atoms with Crippen LogP contribution in [0.3, 0.4) is 0 Å². The molecule has 5 rings (SSSR count). The second-order valence-corrected chi connectivity index (χ2v) is 12.3. The molecule has 2 aliphatic rings. The highest BCUT2D eigenvalue weighted by Crippen LogP contribution is 2.44. The van der Waals surface area contributed by atoms with E-state index in [1.165, 1.54) is 61.3 Å². The van der Waals surface area contributed by atoms with Gasteiger partial charge in [0.2, 0.25) is 0 Å². The van der Waals surface area contributed by atoms with Gasteiger partial charge in [0.05, 0.1) is 29.9 Å².